The number of hydrogen-bond donors (Lipinski definition) is 1. The Hall–Kier alpha value is 0.1000. The Morgan fingerprint density at radius 1 is 1.18 bits per heavy atom. The topological polar surface area (TPSA) is 29.5 Å². The van der Waals surface area contributed by atoms with E-state index in [1.54, 1.807) is 0 Å². The monoisotopic (exact) mass is 362 g/mol. The first-order valence-electron chi connectivity index (χ1n) is 5.87. The molecule has 94 valence electrons. The number of ether oxygens (including phenoxy) is 1. The summed E-state index contributed by atoms with van der Waals surface area (Å²) in [7, 11) is 0. The summed E-state index contributed by atoms with van der Waals surface area (Å²) >= 11 is 6.89. The van der Waals surface area contributed by atoms with Crippen LogP contribution in [-0.2, 0) is 4.74 Å². The van der Waals surface area contributed by atoms with Crippen molar-refractivity contribution in [3.63, 3.8) is 0 Å². The molecule has 1 saturated heterocycles. The lowest BCUT2D eigenvalue weighted by Gasteiger charge is -2.24. The summed E-state index contributed by atoms with van der Waals surface area (Å²) in [4.78, 5) is 0. The molecule has 0 aromatic heterocycles. The molecule has 17 heavy (non-hydrogen) atoms. The van der Waals surface area contributed by atoms with Crippen molar-refractivity contribution in [3.05, 3.63) is 32.7 Å². The number of benzene rings is 1. The third-order valence-corrected chi connectivity index (χ3v) is 4.08. The lowest BCUT2D eigenvalue weighted by Crippen LogP contribution is -2.18. The SMILES string of the molecule is OC(CC1CCOCC1)c1cc(Br)cc(Br)c1. The van der Waals surface area contributed by atoms with Crippen LogP contribution in [0.2, 0.25) is 0 Å². The standard InChI is InChI=1S/C13H16Br2O2/c14-11-6-10(7-12(15)8-11)13(16)5-9-1-3-17-4-2-9/h6-9,13,16H,1-5H2. The van der Waals surface area contributed by atoms with Crippen LogP contribution in [0.3, 0.4) is 0 Å². The smallest absolute Gasteiger partial charge is 0.0793 e. The molecule has 1 aliphatic heterocycles. The van der Waals surface area contributed by atoms with Crippen LogP contribution in [0.1, 0.15) is 30.9 Å². The predicted molar refractivity (Wildman–Crippen MR) is 75.0 cm³/mol. The van der Waals surface area contributed by atoms with Crippen LogP contribution < -0.4 is 0 Å². The van der Waals surface area contributed by atoms with E-state index in [2.05, 4.69) is 31.9 Å². The van der Waals surface area contributed by atoms with Crippen molar-refractivity contribution in [2.45, 2.75) is 25.4 Å². The van der Waals surface area contributed by atoms with Crippen molar-refractivity contribution < 1.29 is 9.84 Å². The van der Waals surface area contributed by atoms with E-state index in [9.17, 15) is 5.11 Å². The third-order valence-electron chi connectivity index (χ3n) is 3.17. The first-order valence-corrected chi connectivity index (χ1v) is 7.45. The zero-order valence-corrected chi connectivity index (χ0v) is 12.7. The van der Waals surface area contributed by atoms with Gasteiger partial charge >= 0.3 is 0 Å². The summed E-state index contributed by atoms with van der Waals surface area (Å²) in [5.41, 5.74) is 0.970. The zero-order valence-electron chi connectivity index (χ0n) is 9.53. The van der Waals surface area contributed by atoms with Crippen LogP contribution >= 0.6 is 31.9 Å². The van der Waals surface area contributed by atoms with Crippen LogP contribution in [0, 0.1) is 5.92 Å². The highest BCUT2D eigenvalue weighted by Crippen LogP contribution is 2.30. The van der Waals surface area contributed by atoms with E-state index >= 15 is 0 Å². The molecule has 0 saturated carbocycles. The average Bonchev–Trinajstić information content (AvgIpc) is 2.29. The number of halogens is 2. The van der Waals surface area contributed by atoms with Gasteiger partial charge in [-0.05, 0) is 48.9 Å². The summed E-state index contributed by atoms with van der Waals surface area (Å²) in [6.45, 7) is 1.67. The average molecular weight is 364 g/mol. The van der Waals surface area contributed by atoms with Gasteiger partial charge in [-0.25, -0.2) is 0 Å². The largest absolute Gasteiger partial charge is 0.388 e. The van der Waals surface area contributed by atoms with Gasteiger partial charge in [-0.2, -0.15) is 0 Å². The van der Waals surface area contributed by atoms with Gasteiger partial charge in [0.05, 0.1) is 6.10 Å². The normalized spacial score (nSPS) is 19.2. The molecule has 1 aromatic rings. The van der Waals surface area contributed by atoms with Gasteiger partial charge in [0.15, 0.2) is 0 Å². The van der Waals surface area contributed by atoms with E-state index in [1.807, 2.05) is 18.2 Å². The van der Waals surface area contributed by atoms with Crippen LogP contribution in [0.15, 0.2) is 27.1 Å². The zero-order chi connectivity index (χ0) is 12.3. The minimum atomic E-state index is -0.383. The second-order valence-electron chi connectivity index (χ2n) is 4.51. The van der Waals surface area contributed by atoms with Crippen LogP contribution in [0.25, 0.3) is 0 Å². The highest BCUT2D eigenvalue weighted by molar-refractivity contribution is 9.11. The molecule has 1 unspecified atom stereocenters. The molecule has 0 amide bonds. The van der Waals surface area contributed by atoms with Crippen molar-refractivity contribution in [2.75, 3.05) is 13.2 Å². The molecule has 1 aromatic carbocycles. The van der Waals surface area contributed by atoms with Gasteiger partial charge in [0.25, 0.3) is 0 Å². The first-order chi connectivity index (χ1) is 8.15. The Kier molecular flexibility index (Phi) is 5.03. The van der Waals surface area contributed by atoms with Crippen molar-refractivity contribution in [2.24, 2.45) is 5.92 Å². The van der Waals surface area contributed by atoms with Crippen molar-refractivity contribution in [3.8, 4) is 0 Å². The van der Waals surface area contributed by atoms with E-state index in [1.165, 1.54) is 0 Å². The lowest BCUT2D eigenvalue weighted by atomic mass is 9.91. The van der Waals surface area contributed by atoms with E-state index in [0.29, 0.717) is 5.92 Å². The predicted octanol–water partition coefficient (Wildman–Crippen LogP) is 4.06. The first kappa shape index (κ1) is 13.5. The second kappa shape index (κ2) is 6.32. The van der Waals surface area contributed by atoms with Gasteiger partial charge in [-0.1, -0.05) is 31.9 Å². The van der Waals surface area contributed by atoms with Crippen molar-refractivity contribution in [1.82, 2.24) is 0 Å². The molecule has 1 aliphatic rings. The van der Waals surface area contributed by atoms with Crippen molar-refractivity contribution >= 4 is 31.9 Å². The summed E-state index contributed by atoms with van der Waals surface area (Å²) in [5.74, 6) is 0.580. The molecule has 1 fully saturated rings. The number of hydrogen-bond acceptors (Lipinski definition) is 2. The van der Waals surface area contributed by atoms with Crippen LogP contribution in [-0.4, -0.2) is 18.3 Å². The third kappa shape index (κ3) is 4.05. The Morgan fingerprint density at radius 3 is 2.35 bits per heavy atom. The fraction of sp³-hybridized carbons (Fsp3) is 0.538. The molecule has 4 heteroatoms. The second-order valence-corrected chi connectivity index (χ2v) is 6.34. The van der Waals surface area contributed by atoms with Crippen LogP contribution in [0.5, 0.6) is 0 Å². The van der Waals surface area contributed by atoms with E-state index < -0.39 is 0 Å². The maximum atomic E-state index is 10.2. The quantitative estimate of drug-likeness (QED) is 0.877. The highest BCUT2D eigenvalue weighted by Gasteiger charge is 2.19. The number of aliphatic hydroxyl groups excluding tert-OH is 1. The van der Waals surface area contributed by atoms with Gasteiger partial charge in [0.1, 0.15) is 0 Å². The lowest BCUT2D eigenvalue weighted by molar-refractivity contribution is 0.0435. The maximum absolute atomic E-state index is 10.2. The van der Waals surface area contributed by atoms with Gasteiger partial charge in [0, 0.05) is 22.2 Å². The van der Waals surface area contributed by atoms with E-state index in [4.69, 9.17) is 4.74 Å². The molecule has 1 N–H and O–H groups in total. The Bertz CT molecular complexity index is 355. The summed E-state index contributed by atoms with van der Waals surface area (Å²) in [6.07, 6.45) is 2.57. The fourth-order valence-electron chi connectivity index (χ4n) is 2.20. The molecule has 0 aliphatic carbocycles. The summed E-state index contributed by atoms with van der Waals surface area (Å²) in [6, 6.07) is 5.94. The molecular formula is C13H16Br2O2. The molecule has 0 bridgehead atoms. The summed E-state index contributed by atoms with van der Waals surface area (Å²) < 4.78 is 7.32. The minimum Gasteiger partial charge on any atom is -0.388 e. The summed E-state index contributed by atoms with van der Waals surface area (Å²) in [5, 5.41) is 10.2. The van der Waals surface area contributed by atoms with Gasteiger partial charge in [-0.3, -0.25) is 0 Å². The Labute approximate surface area is 119 Å². The molecule has 0 spiro atoms. The molecule has 2 rings (SSSR count). The van der Waals surface area contributed by atoms with E-state index in [-0.39, 0.29) is 6.10 Å². The molecular weight excluding hydrogens is 348 g/mol. The number of aliphatic hydroxyl groups is 1. The fourth-order valence-corrected chi connectivity index (χ4v) is 3.53. The molecule has 2 nitrogen and oxygen atoms in total. The van der Waals surface area contributed by atoms with Gasteiger partial charge < -0.3 is 9.84 Å². The van der Waals surface area contributed by atoms with E-state index in [0.717, 1.165) is 47.0 Å². The highest BCUT2D eigenvalue weighted by atomic mass is 79.9. The van der Waals surface area contributed by atoms with Crippen molar-refractivity contribution in [1.29, 1.82) is 0 Å². The van der Waals surface area contributed by atoms with Gasteiger partial charge in [-0.15, -0.1) is 0 Å². The number of rotatable bonds is 3. The molecule has 1 atom stereocenters. The minimum absolute atomic E-state index is 0.383. The Balaban J connectivity index is 2.00. The van der Waals surface area contributed by atoms with Crippen LogP contribution in [0.4, 0.5) is 0 Å². The molecule has 0 radical (unpaired) electrons. The maximum Gasteiger partial charge on any atom is 0.0793 e. The van der Waals surface area contributed by atoms with Gasteiger partial charge in [0.2, 0.25) is 0 Å². The molecule has 1 heterocycles. The Morgan fingerprint density at radius 2 is 1.76 bits per heavy atom.